The number of rotatable bonds is 1. The first kappa shape index (κ1) is 14.1. The molecule has 0 aliphatic carbocycles. The molecule has 3 nitrogen and oxygen atoms in total. The van der Waals surface area contributed by atoms with Gasteiger partial charge in [0.05, 0.1) is 6.26 Å². The molecular weight excluding hydrogens is 274 g/mol. The minimum Gasteiger partial charge on any atom is -0.462 e. The van der Waals surface area contributed by atoms with Crippen molar-refractivity contribution in [2.75, 3.05) is 24.5 Å². The summed E-state index contributed by atoms with van der Waals surface area (Å²) in [5.74, 6) is -1.66. The van der Waals surface area contributed by atoms with Gasteiger partial charge >= 0.3 is 0 Å². The minimum absolute atomic E-state index is 0. The van der Waals surface area contributed by atoms with Gasteiger partial charge in [-0.15, -0.1) is 12.4 Å². The maximum atomic E-state index is 14.0. The highest BCUT2D eigenvalue weighted by Gasteiger charge is 2.24. The fourth-order valence-electron chi connectivity index (χ4n) is 2.46. The average Bonchev–Trinajstić information content (AvgIpc) is 2.78. The Balaban J connectivity index is 0.00000133. The fraction of sp³-hybridized carbons (Fsp3) is 0.385. The molecule has 1 aromatic heterocycles. The van der Waals surface area contributed by atoms with Gasteiger partial charge in [-0.3, -0.25) is 0 Å². The molecule has 19 heavy (non-hydrogen) atoms. The Bertz CT molecular complexity index is 587. The Hall–Kier alpha value is -1.33. The number of fused-ring (bicyclic) bond motifs is 1. The number of nitrogens with one attached hydrogen (secondary N) is 1. The lowest BCUT2D eigenvalue weighted by atomic mass is 10.1. The molecule has 0 bridgehead atoms. The van der Waals surface area contributed by atoms with Crippen LogP contribution in [0.4, 0.5) is 14.5 Å². The van der Waals surface area contributed by atoms with Gasteiger partial charge in [0.25, 0.3) is 0 Å². The standard InChI is InChI=1S/C13H14F2N2O.ClH/c1-8-7-17(4-3-16-8)12-11(15)10(14)6-9-2-5-18-13(9)12;/h2,5-6,8,16H,3-4,7H2,1H3;1H/t8-;/m1./s1. The molecule has 2 aromatic rings. The molecule has 0 unspecified atom stereocenters. The molecule has 0 saturated carbocycles. The number of furan rings is 1. The van der Waals surface area contributed by atoms with Crippen LogP contribution in [0.1, 0.15) is 6.92 Å². The first-order valence-corrected chi connectivity index (χ1v) is 6.00. The first-order chi connectivity index (χ1) is 8.66. The van der Waals surface area contributed by atoms with Gasteiger partial charge in [0.2, 0.25) is 0 Å². The van der Waals surface area contributed by atoms with E-state index in [2.05, 4.69) is 5.32 Å². The zero-order chi connectivity index (χ0) is 12.7. The van der Waals surface area contributed by atoms with Gasteiger partial charge in [0.1, 0.15) is 5.69 Å². The Morgan fingerprint density at radius 2 is 2.21 bits per heavy atom. The molecule has 1 saturated heterocycles. The third-order valence-electron chi connectivity index (χ3n) is 3.30. The first-order valence-electron chi connectivity index (χ1n) is 6.00. The quantitative estimate of drug-likeness (QED) is 0.874. The topological polar surface area (TPSA) is 28.4 Å². The molecule has 1 aliphatic heterocycles. The Morgan fingerprint density at radius 3 is 2.95 bits per heavy atom. The second-order valence-electron chi connectivity index (χ2n) is 4.66. The van der Waals surface area contributed by atoms with Crippen LogP contribution in [0.15, 0.2) is 22.8 Å². The van der Waals surface area contributed by atoms with Crippen molar-refractivity contribution in [3.8, 4) is 0 Å². The van der Waals surface area contributed by atoms with E-state index in [0.717, 1.165) is 6.54 Å². The summed E-state index contributed by atoms with van der Waals surface area (Å²) in [6, 6.07) is 3.06. The summed E-state index contributed by atoms with van der Waals surface area (Å²) in [6.45, 7) is 4.04. The van der Waals surface area contributed by atoms with Crippen molar-refractivity contribution < 1.29 is 13.2 Å². The van der Waals surface area contributed by atoms with Crippen molar-refractivity contribution >= 4 is 29.1 Å². The molecule has 104 valence electrons. The Morgan fingerprint density at radius 1 is 1.42 bits per heavy atom. The smallest absolute Gasteiger partial charge is 0.185 e. The van der Waals surface area contributed by atoms with Crippen molar-refractivity contribution in [2.24, 2.45) is 0 Å². The molecular formula is C13H15ClF2N2O. The maximum absolute atomic E-state index is 14.0. The molecule has 1 atom stereocenters. The molecule has 1 aromatic carbocycles. The van der Waals surface area contributed by atoms with Crippen LogP contribution in [0.5, 0.6) is 0 Å². The highest BCUT2D eigenvalue weighted by molar-refractivity contribution is 5.90. The molecule has 0 radical (unpaired) electrons. The van der Waals surface area contributed by atoms with Crippen LogP contribution in [-0.2, 0) is 0 Å². The number of hydrogen-bond donors (Lipinski definition) is 1. The van der Waals surface area contributed by atoms with E-state index in [1.807, 2.05) is 11.8 Å². The number of hydrogen-bond acceptors (Lipinski definition) is 3. The van der Waals surface area contributed by atoms with E-state index >= 15 is 0 Å². The van der Waals surface area contributed by atoms with Crippen molar-refractivity contribution in [3.63, 3.8) is 0 Å². The van der Waals surface area contributed by atoms with Gasteiger partial charge in [-0.2, -0.15) is 0 Å². The Kier molecular flexibility index (Phi) is 3.96. The van der Waals surface area contributed by atoms with Crippen LogP contribution in [0.25, 0.3) is 11.0 Å². The average molecular weight is 289 g/mol. The molecule has 1 aliphatic rings. The summed E-state index contributed by atoms with van der Waals surface area (Å²) in [5, 5.41) is 3.86. The van der Waals surface area contributed by atoms with E-state index in [9.17, 15) is 8.78 Å². The van der Waals surface area contributed by atoms with E-state index in [-0.39, 0.29) is 24.1 Å². The highest BCUT2D eigenvalue weighted by atomic mass is 35.5. The monoisotopic (exact) mass is 288 g/mol. The van der Waals surface area contributed by atoms with Crippen LogP contribution in [0.2, 0.25) is 0 Å². The van der Waals surface area contributed by atoms with Crippen LogP contribution in [-0.4, -0.2) is 25.7 Å². The largest absolute Gasteiger partial charge is 0.462 e. The van der Waals surface area contributed by atoms with Gasteiger partial charge in [-0.25, -0.2) is 8.78 Å². The fourth-order valence-corrected chi connectivity index (χ4v) is 2.46. The predicted molar refractivity (Wildman–Crippen MR) is 73.1 cm³/mol. The lowest BCUT2D eigenvalue weighted by molar-refractivity contribution is 0.465. The molecule has 2 heterocycles. The highest BCUT2D eigenvalue weighted by Crippen LogP contribution is 2.33. The van der Waals surface area contributed by atoms with E-state index in [4.69, 9.17) is 4.42 Å². The number of benzene rings is 1. The third-order valence-corrected chi connectivity index (χ3v) is 3.30. The zero-order valence-electron chi connectivity index (χ0n) is 10.5. The summed E-state index contributed by atoms with van der Waals surface area (Å²) >= 11 is 0. The second kappa shape index (κ2) is 5.35. The van der Waals surface area contributed by atoms with Gasteiger partial charge in [0, 0.05) is 31.1 Å². The van der Waals surface area contributed by atoms with Crippen LogP contribution >= 0.6 is 12.4 Å². The van der Waals surface area contributed by atoms with Gasteiger partial charge in [-0.05, 0) is 19.1 Å². The summed E-state index contributed by atoms with van der Waals surface area (Å²) in [7, 11) is 0. The predicted octanol–water partition coefficient (Wildman–Crippen LogP) is 2.93. The molecule has 3 rings (SSSR count). The second-order valence-corrected chi connectivity index (χ2v) is 4.66. The number of nitrogens with zero attached hydrogens (tertiary/aromatic N) is 1. The van der Waals surface area contributed by atoms with E-state index in [0.29, 0.717) is 24.1 Å². The van der Waals surface area contributed by atoms with Crippen LogP contribution < -0.4 is 10.2 Å². The van der Waals surface area contributed by atoms with Gasteiger partial charge in [0.15, 0.2) is 17.2 Å². The minimum atomic E-state index is -0.829. The van der Waals surface area contributed by atoms with Crippen molar-refractivity contribution in [1.82, 2.24) is 5.32 Å². The number of anilines is 1. The van der Waals surface area contributed by atoms with Crippen LogP contribution in [0.3, 0.4) is 0 Å². The SMILES string of the molecule is C[C@@H]1CN(c2c(F)c(F)cc3ccoc23)CCN1.Cl. The lowest BCUT2D eigenvalue weighted by Crippen LogP contribution is -2.49. The van der Waals surface area contributed by atoms with Crippen molar-refractivity contribution in [2.45, 2.75) is 13.0 Å². The number of piperazine rings is 1. The molecule has 1 N–H and O–H groups in total. The van der Waals surface area contributed by atoms with Crippen LogP contribution in [0, 0.1) is 11.6 Å². The summed E-state index contributed by atoms with van der Waals surface area (Å²) in [4.78, 5) is 1.84. The van der Waals surface area contributed by atoms with Gasteiger partial charge < -0.3 is 14.6 Å². The molecule has 0 amide bonds. The van der Waals surface area contributed by atoms with E-state index < -0.39 is 11.6 Å². The summed E-state index contributed by atoms with van der Waals surface area (Å²) in [5.41, 5.74) is 0.659. The summed E-state index contributed by atoms with van der Waals surface area (Å²) in [6.07, 6.45) is 1.46. The number of halogens is 3. The van der Waals surface area contributed by atoms with Crippen molar-refractivity contribution in [1.29, 1.82) is 0 Å². The third kappa shape index (κ3) is 2.40. The molecule has 0 spiro atoms. The molecule has 1 fully saturated rings. The normalized spacial score (nSPS) is 19.5. The maximum Gasteiger partial charge on any atom is 0.185 e. The molecule has 6 heteroatoms. The van der Waals surface area contributed by atoms with Gasteiger partial charge in [-0.1, -0.05) is 0 Å². The Labute approximate surface area is 116 Å². The van der Waals surface area contributed by atoms with E-state index in [1.54, 1.807) is 6.07 Å². The zero-order valence-corrected chi connectivity index (χ0v) is 11.3. The lowest BCUT2D eigenvalue weighted by Gasteiger charge is -2.33. The van der Waals surface area contributed by atoms with Crippen molar-refractivity contribution in [3.05, 3.63) is 30.0 Å². The summed E-state index contributed by atoms with van der Waals surface area (Å²) < 4.78 is 32.9. The van der Waals surface area contributed by atoms with E-state index in [1.165, 1.54) is 12.3 Å².